The van der Waals surface area contributed by atoms with E-state index in [0.29, 0.717) is 11.7 Å². The Morgan fingerprint density at radius 3 is 2.29 bits per heavy atom. The molecule has 0 radical (unpaired) electrons. The molecular weight excluding hydrogens is 374 g/mol. The summed E-state index contributed by atoms with van der Waals surface area (Å²) < 4.78 is 28.8. The molecule has 144 valence electrons. The second kappa shape index (κ2) is 6.25. The lowest BCUT2D eigenvalue weighted by Gasteiger charge is -2.08. The lowest BCUT2D eigenvalue weighted by molar-refractivity contribution is 0.360. The van der Waals surface area contributed by atoms with Crippen molar-refractivity contribution in [2.75, 3.05) is 0 Å². The van der Waals surface area contributed by atoms with E-state index in [-0.39, 0.29) is 22.1 Å². The van der Waals surface area contributed by atoms with E-state index in [2.05, 4.69) is 5.16 Å². The standard InChI is InChI=1S/C21H21N3O3S/c22-28(25,26)16-10-8-14(9-11-16)17-18(21(17)12-4-5-13-21)20-23-19(24-27-20)15-6-2-1-3-7-15/h1-3,6-11,17-18H,4-5,12-13H2,(H2,22,25,26)/t17?,18-/m1/s1. The maximum Gasteiger partial charge on any atom is 0.238 e. The first-order chi connectivity index (χ1) is 13.5. The lowest BCUT2D eigenvalue weighted by atomic mass is 9.97. The van der Waals surface area contributed by atoms with E-state index >= 15 is 0 Å². The Balaban J connectivity index is 1.48. The molecule has 1 spiro atoms. The Kier molecular flexibility index (Phi) is 3.93. The van der Waals surface area contributed by atoms with Crippen LogP contribution in [0.5, 0.6) is 0 Å². The van der Waals surface area contributed by atoms with E-state index in [1.54, 1.807) is 12.1 Å². The number of nitrogens with zero attached hydrogens (tertiary/aromatic N) is 2. The predicted octanol–water partition coefficient (Wildman–Crippen LogP) is 3.83. The molecule has 2 aliphatic carbocycles. The van der Waals surface area contributed by atoms with Gasteiger partial charge in [0.15, 0.2) is 0 Å². The van der Waals surface area contributed by atoms with Gasteiger partial charge in [0, 0.05) is 11.5 Å². The van der Waals surface area contributed by atoms with Gasteiger partial charge in [-0.25, -0.2) is 13.6 Å². The summed E-state index contributed by atoms with van der Waals surface area (Å²) in [5.41, 5.74) is 2.19. The predicted molar refractivity (Wildman–Crippen MR) is 104 cm³/mol. The van der Waals surface area contributed by atoms with Crippen LogP contribution in [0.1, 0.15) is 49.0 Å². The number of hydrogen-bond donors (Lipinski definition) is 1. The van der Waals surface area contributed by atoms with Crippen LogP contribution in [0, 0.1) is 5.41 Å². The van der Waals surface area contributed by atoms with Gasteiger partial charge in [0.1, 0.15) is 0 Å². The number of nitrogens with two attached hydrogens (primary N) is 1. The molecule has 0 bridgehead atoms. The van der Waals surface area contributed by atoms with Gasteiger partial charge >= 0.3 is 0 Å². The minimum absolute atomic E-state index is 0.137. The highest BCUT2D eigenvalue weighted by Crippen LogP contribution is 2.76. The first-order valence-electron chi connectivity index (χ1n) is 9.51. The van der Waals surface area contributed by atoms with Crippen molar-refractivity contribution in [2.24, 2.45) is 10.6 Å². The summed E-state index contributed by atoms with van der Waals surface area (Å²) in [6.45, 7) is 0. The lowest BCUT2D eigenvalue weighted by Crippen LogP contribution is -2.11. The Morgan fingerprint density at radius 2 is 1.64 bits per heavy atom. The highest BCUT2D eigenvalue weighted by atomic mass is 32.2. The fraction of sp³-hybridized carbons (Fsp3) is 0.333. The van der Waals surface area contributed by atoms with Crippen LogP contribution in [0.15, 0.2) is 64.0 Å². The van der Waals surface area contributed by atoms with Crippen LogP contribution in [-0.2, 0) is 10.0 Å². The van der Waals surface area contributed by atoms with Crippen molar-refractivity contribution in [2.45, 2.75) is 42.4 Å². The smallest absolute Gasteiger partial charge is 0.238 e. The summed E-state index contributed by atoms with van der Waals surface area (Å²) in [6, 6.07) is 16.7. The summed E-state index contributed by atoms with van der Waals surface area (Å²) in [7, 11) is -3.69. The Bertz CT molecular complexity index is 1100. The number of benzene rings is 2. The van der Waals surface area contributed by atoms with Gasteiger partial charge in [-0.05, 0) is 36.0 Å². The molecule has 2 saturated carbocycles. The van der Waals surface area contributed by atoms with Crippen LogP contribution in [-0.4, -0.2) is 18.6 Å². The molecule has 2 fully saturated rings. The number of sulfonamides is 1. The molecule has 6 nitrogen and oxygen atoms in total. The third-order valence-electron chi connectivity index (χ3n) is 6.30. The van der Waals surface area contributed by atoms with Crippen LogP contribution >= 0.6 is 0 Å². The molecule has 28 heavy (non-hydrogen) atoms. The van der Waals surface area contributed by atoms with Crippen LogP contribution in [0.4, 0.5) is 0 Å². The quantitative estimate of drug-likeness (QED) is 0.724. The molecule has 5 rings (SSSR count). The van der Waals surface area contributed by atoms with Crippen molar-refractivity contribution < 1.29 is 12.9 Å². The average Bonchev–Trinajstić information content (AvgIpc) is 3.05. The summed E-state index contributed by atoms with van der Waals surface area (Å²) in [6.07, 6.45) is 4.65. The van der Waals surface area contributed by atoms with Crippen LogP contribution in [0.2, 0.25) is 0 Å². The summed E-state index contributed by atoms with van der Waals surface area (Å²) in [5.74, 6) is 1.74. The van der Waals surface area contributed by atoms with E-state index in [9.17, 15) is 8.42 Å². The largest absolute Gasteiger partial charge is 0.339 e. The summed E-state index contributed by atoms with van der Waals surface area (Å²) >= 11 is 0. The zero-order valence-corrected chi connectivity index (χ0v) is 16.1. The van der Waals surface area contributed by atoms with E-state index in [1.807, 2.05) is 42.5 Å². The Labute approximate surface area is 163 Å². The fourth-order valence-corrected chi connectivity index (χ4v) is 5.51. The fourth-order valence-electron chi connectivity index (χ4n) is 4.99. The van der Waals surface area contributed by atoms with E-state index < -0.39 is 10.0 Å². The highest BCUT2D eigenvalue weighted by molar-refractivity contribution is 7.89. The normalized spacial score (nSPS) is 23.2. The van der Waals surface area contributed by atoms with Gasteiger partial charge in [-0.2, -0.15) is 4.98 Å². The molecule has 2 atom stereocenters. The van der Waals surface area contributed by atoms with Crippen LogP contribution < -0.4 is 5.14 Å². The molecule has 2 N–H and O–H groups in total. The zero-order valence-electron chi connectivity index (χ0n) is 15.3. The Morgan fingerprint density at radius 1 is 0.964 bits per heavy atom. The minimum atomic E-state index is -3.69. The topological polar surface area (TPSA) is 99.1 Å². The number of aromatic nitrogens is 2. The number of rotatable bonds is 4. The molecule has 1 unspecified atom stereocenters. The highest BCUT2D eigenvalue weighted by Gasteiger charge is 2.68. The van der Waals surface area contributed by atoms with Crippen molar-refractivity contribution in [3.05, 3.63) is 66.1 Å². The minimum Gasteiger partial charge on any atom is -0.339 e. The molecule has 2 aliphatic rings. The maximum atomic E-state index is 11.5. The second-order valence-electron chi connectivity index (χ2n) is 7.83. The SMILES string of the molecule is NS(=O)(=O)c1ccc(C2[C@H](c3nc(-c4ccccc4)no3)C23CCCC3)cc1. The molecule has 0 amide bonds. The van der Waals surface area contributed by atoms with Gasteiger partial charge in [-0.15, -0.1) is 0 Å². The van der Waals surface area contributed by atoms with Gasteiger partial charge in [-0.3, -0.25) is 0 Å². The third-order valence-corrected chi connectivity index (χ3v) is 7.23. The maximum absolute atomic E-state index is 11.5. The molecule has 0 saturated heterocycles. The molecular formula is C21H21N3O3S. The number of primary sulfonamides is 1. The zero-order chi connectivity index (χ0) is 19.4. The molecule has 0 aliphatic heterocycles. The van der Waals surface area contributed by atoms with Crippen LogP contribution in [0.25, 0.3) is 11.4 Å². The van der Waals surface area contributed by atoms with Gasteiger partial charge in [0.2, 0.25) is 21.7 Å². The first-order valence-corrected chi connectivity index (χ1v) is 11.1. The van der Waals surface area contributed by atoms with E-state index in [1.165, 1.54) is 12.8 Å². The van der Waals surface area contributed by atoms with Crippen molar-refractivity contribution >= 4 is 10.0 Å². The van der Waals surface area contributed by atoms with Crippen molar-refractivity contribution in [1.82, 2.24) is 10.1 Å². The van der Waals surface area contributed by atoms with Gasteiger partial charge in [0.25, 0.3) is 0 Å². The van der Waals surface area contributed by atoms with Crippen molar-refractivity contribution in [3.63, 3.8) is 0 Å². The van der Waals surface area contributed by atoms with E-state index in [0.717, 1.165) is 24.0 Å². The molecule has 3 aromatic rings. The monoisotopic (exact) mass is 395 g/mol. The summed E-state index contributed by atoms with van der Waals surface area (Å²) in [4.78, 5) is 4.84. The van der Waals surface area contributed by atoms with Crippen molar-refractivity contribution in [3.8, 4) is 11.4 Å². The van der Waals surface area contributed by atoms with E-state index in [4.69, 9.17) is 14.6 Å². The Hall–Kier alpha value is -2.51. The molecule has 7 heteroatoms. The first kappa shape index (κ1) is 17.6. The third kappa shape index (κ3) is 2.77. The van der Waals surface area contributed by atoms with Gasteiger partial charge in [0.05, 0.1) is 10.8 Å². The molecule has 1 heterocycles. The van der Waals surface area contributed by atoms with Crippen molar-refractivity contribution in [1.29, 1.82) is 0 Å². The van der Waals surface area contributed by atoms with Gasteiger partial charge in [-0.1, -0.05) is 60.5 Å². The molecule has 1 aromatic heterocycles. The van der Waals surface area contributed by atoms with Crippen LogP contribution in [0.3, 0.4) is 0 Å². The summed E-state index contributed by atoms with van der Waals surface area (Å²) in [5, 5.41) is 9.42. The molecule has 2 aromatic carbocycles. The van der Waals surface area contributed by atoms with Gasteiger partial charge < -0.3 is 4.52 Å². The average molecular weight is 395 g/mol. The second-order valence-corrected chi connectivity index (χ2v) is 9.39. The number of hydrogen-bond acceptors (Lipinski definition) is 5.